The zero-order valence-corrected chi connectivity index (χ0v) is 42.1. The Balaban J connectivity index is 0.982. The maximum absolute atomic E-state index is 2.47. The molecule has 1 nitrogen and oxygen atoms in total. The van der Waals surface area contributed by atoms with E-state index in [2.05, 4.69) is 304 Å². The first-order valence-electron chi connectivity index (χ1n) is 26.2. The molecule has 0 saturated carbocycles. The van der Waals surface area contributed by atoms with Crippen LogP contribution >= 0.6 is 0 Å². The van der Waals surface area contributed by atoms with Gasteiger partial charge in [-0.3, -0.25) is 0 Å². The summed E-state index contributed by atoms with van der Waals surface area (Å²) in [6.07, 6.45) is 0. The molecule has 2 aliphatic rings. The Morgan fingerprint density at radius 2 is 0.667 bits per heavy atom. The quantitative estimate of drug-likeness (QED) is 0.139. The van der Waals surface area contributed by atoms with Crippen molar-refractivity contribution in [3.63, 3.8) is 0 Å². The maximum atomic E-state index is 2.47. The lowest BCUT2D eigenvalue weighted by Gasteiger charge is -2.35. The third-order valence-electron chi connectivity index (χ3n) is 16.3. The fourth-order valence-electron chi connectivity index (χ4n) is 13.0. The van der Waals surface area contributed by atoms with E-state index >= 15 is 0 Å². The third-order valence-corrected chi connectivity index (χ3v) is 16.3. The summed E-state index contributed by atoms with van der Waals surface area (Å²) in [4.78, 5) is 2.45. The molecule has 0 atom stereocenters. The predicted octanol–water partition coefficient (Wildman–Crippen LogP) is 19.6. The molecule has 0 unspecified atom stereocenters. The maximum Gasteiger partial charge on any atom is 0.0714 e. The van der Waals surface area contributed by atoms with Gasteiger partial charge in [-0.25, -0.2) is 0 Å². The fraction of sp³-hybridized carbons (Fsp3) is 0.0541. The van der Waals surface area contributed by atoms with Gasteiger partial charge in [-0.1, -0.05) is 263 Å². The monoisotopic (exact) mass is 955 g/mol. The molecule has 0 N–H and O–H groups in total. The number of nitrogens with zero attached hydrogens (tertiary/aromatic N) is 1. The molecule has 0 amide bonds. The van der Waals surface area contributed by atoms with E-state index in [9.17, 15) is 0 Å². The summed E-state index contributed by atoms with van der Waals surface area (Å²) in [5.74, 6) is 0. The molecule has 12 aromatic carbocycles. The summed E-state index contributed by atoms with van der Waals surface area (Å²) in [5.41, 5.74) is 25.3. The van der Waals surface area contributed by atoms with Crippen molar-refractivity contribution in [1.29, 1.82) is 0 Å². The normalized spacial score (nSPS) is 13.4. The number of rotatable bonds is 9. The molecule has 0 fully saturated rings. The molecule has 12 aromatic rings. The van der Waals surface area contributed by atoms with Crippen molar-refractivity contribution >= 4 is 27.8 Å². The van der Waals surface area contributed by atoms with Crippen LogP contribution in [-0.4, -0.2) is 0 Å². The van der Waals surface area contributed by atoms with Gasteiger partial charge in [-0.05, 0) is 147 Å². The predicted molar refractivity (Wildman–Crippen MR) is 315 cm³/mol. The zero-order chi connectivity index (χ0) is 50.1. The minimum absolute atomic E-state index is 0.195. The number of benzene rings is 12. The highest BCUT2D eigenvalue weighted by Gasteiger charge is 2.46. The van der Waals surface area contributed by atoms with Crippen LogP contribution in [0, 0.1) is 0 Å². The Hall–Kier alpha value is -9.30. The molecule has 14 rings (SSSR count). The van der Waals surface area contributed by atoms with Crippen LogP contribution in [0.15, 0.2) is 285 Å². The lowest BCUT2D eigenvalue weighted by Crippen LogP contribution is -2.28. The highest BCUT2D eigenvalue weighted by Crippen LogP contribution is 2.60. The average molecular weight is 956 g/mol. The van der Waals surface area contributed by atoms with Crippen LogP contribution in [0.3, 0.4) is 0 Å². The van der Waals surface area contributed by atoms with E-state index in [1.54, 1.807) is 0 Å². The minimum Gasteiger partial charge on any atom is -0.310 e. The largest absolute Gasteiger partial charge is 0.310 e. The summed E-state index contributed by atoms with van der Waals surface area (Å²) < 4.78 is 0. The Labute approximate surface area is 440 Å². The summed E-state index contributed by atoms with van der Waals surface area (Å²) in [7, 11) is 0. The van der Waals surface area contributed by atoms with Crippen molar-refractivity contribution in [3.8, 4) is 66.8 Å². The second kappa shape index (κ2) is 17.7. The Bertz CT molecular complexity index is 4040. The van der Waals surface area contributed by atoms with Crippen LogP contribution in [0.5, 0.6) is 0 Å². The molecule has 0 saturated heterocycles. The third kappa shape index (κ3) is 6.99. The lowest BCUT2D eigenvalue weighted by atomic mass is 9.67. The van der Waals surface area contributed by atoms with Crippen LogP contribution in [0.2, 0.25) is 0 Å². The molecule has 0 heterocycles. The molecule has 354 valence electrons. The summed E-state index contributed by atoms with van der Waals surface area (Å²) in [5, 5.41) is 2.56. The van der Waals surface area contributed by atoms with Crippen molar-refractivity contribution in [2.75, 3.05) is 4.90 Å². The molecule has 0 aliphatic heterocycles. The Morgan fingerprint density at radius 1 is 0.267 bits per heavy atom. The minimum atomic E-state index is -0.533. The van der Waals surface area contributed by atoms with Gasteiger partial charge in [-0.2, -0.15) is 0 Å². The molecule has 75 heavy (non-hydrogen) atoms. The van der Waals surface area contributed by atoms with Gasteiger partial charge < -0.3 is 4.90 Å². The van der Waals surface area contributed by atoms with E-state index in [4.69, 9.17) is 0 Å². The van der Waals surface area contributed by atoms with Gasteiger partial charge in [0.1, 0.15) is 0 Å². The topological polar surface area (TPSA) is 3.24 Å². The van der Waals surface area contributed by atoms with E-state index in [1.807, 2.05) is 0 Å². The highest BCUT2D eigenvalue weighted by atomic mass is 15.1. The van der Waals surface area contributed by atoms with E-state index in [-0.39, 0.29) is 5.41 Å². The molecule has 2 aliphatic carbocycles. The molecular formula is C74H53N. The van der Waals surface area contributed by atoms with E-state index in [0.29, 0.717) is 0 Å². The number of fused-ring (bicyclic) bond motifs is 8. The number of anilines is 3. The second-order valence-electron chi connectivity index (χ2n) is 20.7. The van der Waals surface area contributed by atoms with Crippen LogP contribution in [-0.2, 0) is 10.8 Å². The van der Waals surface area contributed by atoms with Gasteiger partial charge in [0, 0.05) is 22.5 Å². The first-order chi connectivity index (χ1) is 37.0. The van der Waals surface area contributed by atoms with Crippen molar-refractivity contribution in [3.05, 3.63) is 318 Å². The van der Waals surface area contributed by atoms with Crippen LogP contribution in [0.4, 0.5) is 17.1 Å². The molecule has 1 heteroatoms. The highest BCUT2D eigenvalue weighted by molar-refractivity contribution is 6.14. The molecule has 0 bridgehead atoms. The van der Waals surface area contributed by atoms with Gasteiger partial charge in [-0.15, -0.1) is 0 Å². The fourth-order valence-corrected chi connectivity index (χ4v) is 13.0. The lowest BCUT2D eigenvalue weighted by molar-refractivity contribution is 0.666. The van der Waals surface area contributed by atoms with E-state index < -0.39 is 5.41 Å². The summed E-state index contributed by atoms with van der Waals surface area (Å²) in [6, 6.07) is 106. The van der Waals surface area contributed by atoms with Crippen LogP contribution < -0.4 is 4.90 Å². The van der Waals surface area contributed by atoms with Crippen molar-refractivity contribution in [2.45, 2.75) is 24.7 Å². The Kier molecular flexibility index (Phi) is 10.5. The zero-order valence-electron chi connectivity index (χ0n) is 42.1. The first-order valence-corrected chi connectivity index (χ1v) is 26.2. The summed E-state index contributed by atoms with van der Waals surface area (Å²) >= 11 is 0. The smallest absolute Gasteiger partial charge is 0.0714 e. The van der Waals surface area contributed by atoms with Crippen molar-refractivity contribution in [1.82, 2.24) is 0 Å². The van der Waals surface area contributed by atoms with E-state index in [0.717, 1.165) is 17.1 Å². The van der Waals surface area contributed by atoms with Crippen molar-refractivity contribution in [2.24, 2.45) is 0 Å². The van der Waals surface area contributed by atoms with Gasteiger partial charge in [0.15, 0.2) is 0 Å². The number of hydrogen-bond acceptors (Lipinski definition) is 1. The van der Waals surface area contributed by atoms with Gasteiger partial charge in [0.25, 0.3) is 0 Å². The molecule has 0 radical (unpaired) electrons. The number of hydrogen-bond donors (Lipinski definition) is 0. The Morgan fingerprint density at radius 3 is 1.25 bits per heavy atom. The van der Waals surface area contributed by atoms with Crippen molar-refractivity contribution < 1.29 is 0 Å². The van der Waals surface area contributed by atoms with Crippen LogP contribution in [0.1, 0.15) is 47.2 Å². The first kappa shape index (κ1) is 44.4. The SMILES string of the molecule is CC1(C)c2ccccc2-c2c(-c3ccc(-c4ccccc4)cc3)c(-c3ccc(N(c4ccc(-c5ccccc5)cc4)c4ccc5c(c4)C(c4ccccc4)(c4ccccc4)c4ccccc4-5)cc3)c3ccccc3c21. The average Bonchev–Trinajstić information content (AvgIpc) is 4.06. The molecular weight excluding hydrogens is 903 g/mol. The van der Waals surface area contributed by atoms with Gasteiger partial charge >= 0.3 is 0 Å². The second-order valence-corrected chi connectivity index (χ2v) is 20.7. The van der Waals surface area contributed by atoms with Gasteiger partial charge in [0.2, 0.25) is 0 Å². The summed E-state index contributed by atoms with van der Waals surface area (Å²) in [6.45, 7) is 4.81. The van der Waals surface area contributed by atoms with Crippen LogP contribution in [0.25, 0.3) is 77.5 Å². The molecule has 0 spiro atoms. The van der Waals surface area contributed by atoms with Gasteiger partial charge in [0.05, 0.1) is 5.41 Å². The van der Waals surface area contributed by atoms with E-state index in [1.165, 1.54) is 111 Å². The standard InChI is InChI=1S/C74H53N/c1-73(2)66-33-19-18-32-65(66)71-70(55-37-35-52(36-38-55)50-21-7-3-8-22-50)69(63-30-15-16-31-64(63)72(71)73)54-41-45-59(46-42-54)75(58-43-39-53(40-44-58)51-23-9-4-10-24-51)60-47-48-62-61-29-17-20-34-67(61)74(68(62)49-60,56-25-11-5-12-26-56)57-27-13-6-14-28-57/h3-49H,1-2H3. The molecule has 0 aromatic heterocycles.